The number of benzene rings is 1. The van der Waals surface area contributed by atoms with Gasteiger partial charge in [0, 0.05) is 7.05 Å². The number of ether oxygens (including phenoxy) is 1. The highest BCUT2D eigenvalue weighted by Crippen LogP contribution is 2.27. The molecule has 0 saturated carbocycles. The fourth-order valence-corrected chi connectivity index (χ4v) is 2.75. The second kappa shape index (κ2) is 7.46. The van der Waals surface area contributed by atoms with E-state index in [1.807, 2.05) is 13.8 Å². The van der Waals surface area contributed by atoms with Gasteiger partial charge in [-0.2, -0.15) is 0 Å². The maximum atomic E-state index is 12.6. The highest BCUT2D eigenvalue weighted by Gasteiger charge is 2.44. The first kappa shape index (κ1) is 18.6. The van der Waals surface area contributed by atoms with Crippen molar-refractivity contribution >= 4 is 23.7 Å². The maximum absolute atomic E-state index is 12.6. The fraction of sp³-hybridized carbons (Fsp3) is 0.444. The molecule has 0 aromatic heterocycles. The molecule has 0 spiro atoms. The molecule has 25 heavy (non-hydrogen) atoms. The Bertz CT molecular complexity index is 678. The molecule has 1 aliphatic rings. The Balaban J connectivity index is 2.29. The molecule has 1 aliphatic heterocycles. The van der Waals surface area contributed by atoms with Gasteiger partial charge >= 0.3 is 5.97 Å². The molecule has 1 heterocycles. The second-order valence-corrected chi connectivity index (χ2v) is 6.36. The van der Waals surface area contributed by atoms with E-state index in [1.165, 1.54) is 14.0 Å². The van der Waals surface area contributed by atoms with Crippen molar-refractivity contribution in [3.8, 4) is 0 Å². The predicted octanol–water partition coefficient (Wildman–Crippen LogP) is 1.37. The number of hydrogen-bond acceptors (Lipinski definition) is 5. The molecular weight excluding hydrogens is 324 g/mol. The third-order valence-corrected chi connectivity index (χ3v) is 4.01. The summed E-state index contributed by atoms with van der Waals surface area (Å²) >= 11 is 0. The van der Waals surface area contributed by atoms with Crippen LogP contribution in [0.15, 0.2) is 24.3 Å². The number of carbonyl (C=O) groups is 4. The zero-order chi connectivity index (χ0) is 18.7. The summed E-state index contributed by atoms with van der Waals surface area (Å²) in [7, 11) is 1.43. The van der Waals surface area contributed by atoms with Gasteiger partial charge in [-0.1, -0.05) is 26.0 Å². The van der Waals surface area contributed by atoms with Crippen molar-refractivity contribution < 1.29 is 23.9 Å². The van der Waals surface area contributed by atoms with Crippen LogP contribution in [0, 0.1) is 5.92 Å². The van der Waals surface area contributed by atoms with Crippen LogP contribution in [0.2, 0.25) is 0 Å². The quantitative estimate of drug-likeness (QED) is 0.620. The number of rotatable bonds is 6. The highest BCUT2D eigenvalue weighted by molar-refractivity contribution is 6.22. The van der Waals surface area contributed by atoms with Gasteiger partial charge in [-0.25, -0.2) is 4.79 Å². The first-order chi connectivity index (χ1) is 11.8. The van der Waals surface area contributed by atoms with Crippen molar-refractivity contribution in [2.24, 2.45) is 5.92 Å². The molecule has 2 atom stereocenters. The van der Waals surface area contributed by atoms with Crippen LogP contribution in [-0.4, -0.2) is 47.8 Å². The Morgan fingerprint density at radius 3 is 2.04 bits per heavy atom. The van der Waals surface area contributed by atoms with Gasteiger partial charge in [-0.3, -0.25) is 19.3 Å². The van der Waals surface area contributed by atoms with E-state index in [0.717, 1.165) is 4.90 Å². The standard InChI is InChI=1S/C18H22N2O5/c1-10(2)9-14(18(24)25-11(3)15(21)19-4)20-16(22)12-7-5-6-8-13(12)17(20)23/h5-8,10-11,14H,9H2,1-4H3,(H,19,21)/t11-,14+/m0/s1. The molecule has 134 valence electrons. The van der Waals surface area contributed by atoms with Crippen molar-refractivity contribution in [3.63, 3.8) is 0 Å². The van der Waals surface area contributed by atoms with E-state index in [4.69, 9.17) is 4.74 Å². The van der Waals surface area contributed by atoms with Gasteiger partial charge in [-0.15, -0.1) is 0 Å². The van der Waals surface area contributed by atoms with E-state index in [1.54, 1.807) is 24.3 Å². The molecule has 1 aromatic carbocycles. The summed E-state index contributed by atoms with van der Waals surface area (Å²) in [5.41, 5.74) is 0.543. The number of likely N-dealkylation sites (N-methyl/N-ethyl adjacent to an activating group) is 1. The fourth-order valence-electron chi connectivity index (χ4n) is 2.75. The molecular formula is C18H22N2O5. The third-order valence-electron chi connectivity index (χ3n) is 4.01. The van der Waals surface area contributed by atoms with Gasteiger partial charge < -0.3 is 10.1 Å². The normalized spacial score (nSPS) is 15.8. The van der Waals surface area contributed by atoms with Gasteiger partial charge in [0.1, 0.15) is 6.04 Å². The molecule has 0 unspecified atom stereocenters. The number of fused-ring (bicyclic) bond motifs is 1. The van der Waals surface area contributed by atoms with Crippen LogP contribution in [0.1, 0.15) is 47.9 Å². The van der Waals surface area contributed by atoms with Crippen molar-refractivity contribution in [2.45, 2.75) is 39.3 Å². The van der Waals surface area contributed by atoms with Crippen LogP contribution in [0.25, 0.3) is 0 Å². The van der Waals surface area contributed by atoms with Gasteiger partial charge in [0.05, 0.1) is 11.1 Å². The van der Waals surface area contributed by atoms with E-state index in [9.17, 15) is 19.2 Å². The van der Waals surface area contributed by atoms with Crippen molar-refractivity contribution in [2.75, 3.05) is 7.05 Å². The van der Waals surface area contributed by atoms with Crippen LogP contribution < -0.4 is 5.32 Å². The smallest absolute Gasteiger partial charge is 0.330 e. The first-order valence-corrected chi connectivity index (χ1v) is 8.16. The molecule has 3 amide bonds. The molecule has 1 N–H and O–H groups in total. The average molecular weight is 346 g/mol. The number of imide groups is 1. The van der Waals surface area contributed by atoms with Crippen LogP contribution in [0.3, 0.4) is 0 Å². The molecule has 0 aliphatic carbocycles. The highest BCUT2D eigenvalue weighted by atomic mass is 16.5. The molecule has 7 nitrogen and oxygen atoms in total. The van der Waals surface area contributed by atoms with Crippen LogP contribution in [0.4, 0.5) is 0 Å². The maximum Gasteiger partial charge on any atom is 0.330 e. The number of esters is 1. The Morgan fingerprint density at radius 1 is 1.08 bits per heavy atom. The number of carbonyl (C=O) groups excluding carboxylic acids is 4. The summed E-state index contributed by atoms with van der Waals surface area (Å²) in [5, 5.41) is 2.39. The number of hydrogen-bond donors (Lipinski definition) is 1. The Labute approximate surface area is 146 Å². The summed E-state index contributed by atoms with van der Waals surface area (Å²) in [4.78, 5) is 50.4. The topological polar surface area (TPSA) is 92.8 Å². The van der Waals surface area contributed by atoms with Gasteiger partial charge in [0.15, 0.2) is 6.10 Å². The molecule has 0 radical (unpaired) electrons. The lowest BCUT2D eigenvalue weighted by molar-refractivity contribution is -0.158. The Morgan fingerprint density at radius 2 is 1.60 bits per heavy atom. The van der Waals surface area contributed by atoms with E-state index in [0.29, 0.717) is 0 Å². The van der Waals surface area contributed by atoms with Crippen LogP contribution in [-0.2, 0) is 14.3 Å². The second-order valence-electron chi connectivity index (χ2n) is 6.36. The molecule has 7 heteroatoms. The predicted molar refractivity (Wildman–Crippen MR) is 89.8 cm³/mol. The molecule has 0 saturated heterocycles. The van der Waals surface area contributed by atoms with Crippen molar-refractivity contribution in [3.05, 3.63) is 35.4 Å². The molecule has 0 fully saturated rings. The average Bonchev–Trinajstić information content (AvgIpc) is 2.83. The van der Waals surface area contributed by atoms with Gasteiger partial charge in [0.25, 0.3) is 17.7 Å². The molecule has 0 bridgehead atoms. The summed E-state index contributed by atoms with van der Waals surface area (Å²) in [6.45, 7) is 5.19. The third kappa shape index (κ3) is 3.70. The Hall–Kier alpha value is -2.70. The minimum absolute atomic E-state index is 0.0390. The SMILES string of the molecule is CNC(=O)[C@H](C)OC(=O)[C@@H](CC(C)C)N1C(=O)c2ccccc2C1=O. The van der Waals surface area contributed by atoms with E-state index in [2.05, 4.69) is 5.32 Å². The van der Waals surface area contributed by atoms with Crippen molar-refractivity contribution in [1.82, 2.24) is 10.2 Å². The zero-order valence-electron chi connectivity index (χ0n) is 14.7. The van der Waals surface area contributed by atoms with E-state index < -0.39 is 35.8 Å². The molecule has 2 rings (SSSR count). The largest absolute Gasteiger partial charge is 0.451 e. The summed E-state index contributed by atoms with van der Waals surface area (Å²) < 4.78 is 5.18. The van der Waals surface area contributed by atoms with Gasteiger partial charge in [-0.05, 0) is 31.4 Å². The summed E-state index contributed by atoms with van der Waals surface area (Å²) in [6.07, 6.45) is -0.757. The monoisotopic (exact) mass is 346 g/mol. The van der Waals surface area contributed by atoms with Crippen molar-refractivity contribution in [1.29, 1.82) is 0 Å². The van der Waals surface area contributed by atoms with E-state index in [-0.39, 0.29) is 23.5 Å². The van der Waals surface area contributed by atoms with E-state index >= 15 is 0 Å². The minimum Gasteiger partial charge on any atom is -0.451 e. The van der Waals surface area contributed by atoms with Crippen LogP contribution in [0.5, 0.6) is 0 Å². The zero-order valence-corrected chi connectivity index (χ0v) is 14.7. The first-order valence-electron chi connectivity index (χ1n) is 8.16. The number of nitrogens with one attached hydrogen (secondary N) is 1. The van der Waals surface area contributed by atoms with Gasteiger partial charge in [0.2, 0.25) is 0 Å². The number of nitrogens with zero attached hydrogens (tertiary/aromatic N) is 1. The number of amides is 3. The lowest BCUT2D eigenvalue weighted by Crippen LogP contribution is -2.48. The summed E-state index contributed by atoms with van der Waals surface area (Å²) in [5.74, 6) is -2.22. The Kier molecular flexibility index (Phi) is 5.56. The summed E-state index contributed by atoms with van der Waals surface area (Å²) in [6, 6.07) is 5.37. The molecule has 1 aromatic rings. The lowest BCUT2D eigenvalue weighted by atomic mass is 10.0. The minimum atomic E-state index is -1.07. The van der Waals surface area contributed by atoms with Crippen LogP contribution >= 0.6 is 0 Å². The lowest BCUT2D eigenvalue weighted by Gasteiger charge is -2.27.